The minimum Gasteiger partial charge on any atom is -0.494 e. The second-order valence-electron chi connectivity index (χ2n) is 4.28. The first-order valence-corrected chi connectivity index (χ1v) is 5.95. The monoisotopic (exact) mass is 261 g/mol. The maximum Gasteiger partial charge on any atom is 0.349 e. The summed E-state index contributed by atoms with van der Waals surface area (Å²) in [6.07, 6.45) is 0. The van der Waals surface area contributed by atoms with E-state index in [1.807, 2.05) is 6.92 Å². The molecule has 2 aromatic rings. The van der Waals surface area contributed by atoms with Crippen molar-refractivity contribution in [2.24, 2.45) is 0 Å². The summed E-state index contributed by atoms with van der Waals surface area (Å²) in [6.45, 7) is 2.41. The molecule has 0 fully saturated rings. The Labute approximate surface area is 110 Å². The number of carbonyl (C=O) groups excluding carboxylic acids is 1. The van der Waals surface area contributed by atoms with E-state index in [-0.39, 0.29) is 11.5 Å². The molecule has 0 aliphatic carbocycles. The van der Waals surface area contributed by atoms with E-state index >= 15 is 0 Å². The maximum absolute atomic E-state index is 11.8. The van der Waals surface area contributed by atoms with Crippen LogP contribution in [0.3, 0.4) is 0 Å². The number of ether oxygens (including phenoxy) is 1. The average Bonchev–Trinajstić information content (AvgIpc) is 2.37. The van der Waals surface area contributed by atoms with Crippen molar-refractivity contribution in [2.75, 3.05) is 20.7 Å². The van der Waals surface area contributed by atoms with Gasteiger partial charge >= 0.3 is 5.63 Å². The van der Waals surface area contributed by atoms with E-state index in [9.17, 15) is 9.59 Å². The Morgan fingerprint density at radius 2 is 2.05 bits per heavy atom. The van der Waals surface area contributed by atoms with Gasteiger partial charge in [-0.25, -0.2) is 4.79 Å². The van der Waals surface area contributed by atoms with Gasteiger partial charge in [-0.3, -0.25) is 4.79 Å². The van der Waals surface area contributed by atoms with Crippen LogP contribution in [0.5, 0.6) is 5.75 Å². The van der Waals surface area contributed by atoms with Crippen LogP contribution in [0.15, 0.2) is 33.5 Å². The van der Waals surface area contributed by atoms with Gasteiger partial charge in [-0.2, -0.15) is 0 Å². The number of carbonyl (C=O) groups is 1. The number of hydrogen-bond acceptors (Lipinski definition) is 4. The predicted molar refractivity (Wildman–Crippen MR) is 71.7 cm³/mol. The van der Waals surface area contributed by atoms with Crippen molar-refractivity contribution in [3.05, 3.63) is 40.2 Å². The molecule has 100 valence electrons. The summed E-state index contributed by atoms with van der Waals surface area (Å²) in [5.41, 5.74) is -0.201. The first-order chi connectivity index (χ1) is 9.02. The van der Waals surface area contributed by atoms with E-state index in [0.717, 1.165) is 0 Å². The van der Waals surface area contributed by atoms with E-state index < -0.39 is 5.63 Å². The molecule has 0 unspecified atom stereocenters. The van der Waals surface area contributed by atoms with Gasteiger partial charge in [-0.05, 0) is 25.1 Å². The van der Waals surface area contributed by atoms with E-state index in [4.69, 9.17) is 9.15 Å². The molecule has 0 bridgehead atoms. The number of benzene rings is 1. The van der Waals surface area contributed by atoms with Crippen molar-refractivity contribution in [2.45, 2.75) is 6.92 Å². The fraction of sp³-hybridized carbons (Fsp3) is 0.286. The Morgan fingerprint density at radius 3 is 2.68 bits per heavy atom. The quantitative estimate of drug-likeness (QED) is 0.792. The van der Waals surface area contributed by atoms with Gasteiger partial charge in [0.15, 0.2) is 0 Å². The van der Waals surface area contributed by atoms with Gasteiger partial charge < -0.3 is 14.1 Å². The predicted octanol–water partition coefficient (Wildman–Crippen LogP) is 1.89. The topological polar surface area (TPSA) is 59.8 Å². The second-order valence-corrected chi connectivity index (χ2v) is 4.28. The minimum absolute atomic E-state index is 0.0293. The van der Waals surface area contributed by atoms with Gasteiger partial charge in [0.2, 0.25) is 0 Å². The smallest absolute Gasteiger partial charge is 0.349 e. The van der Waals surface area contributed by atoms with E-state index in [1.54, 1.807) is 38.4 Å². The number of amides is 1. The number of hydrogen-bond donors (Lipinski definition) is 0. The SMILES string of the molecule is CCOc1ccc2cc(C(=O)N(C)C)c(=O)oc2c1. The second kappa shape index (κ2) is 5.14. The van der Waals surface area contributed by atoms with Crippen LogP contribution in [-0.4, -0.2) is 31.5 Å². The molecule has 0 aliphatic heterocycles. The highest BCUT2D eigenvalue weighted by Crippen LogP contribution is 2.20. The van der Waals surface area contributed by atoms with Gasteiger partial charge in [-0.15, -0.1) is 0 Å². The molecular formula is C14H15NO4. The molecule has 1 heterocycles. The molecule has 0 radical (unpaired) electrons. The lowest BCUT2D eigenvalue weighted by Gasteiger charge is -2.09. The molecule has 5 nitrogen and oxygen atoms in total. The summed E-state index contributed by atoms with van der Waals surface area (Å²) < 4.78 is 10.5. The molecule has 2 rings (SSSR count). The Kier molecular flexibility index (Phi) is 3.55. The largest absolute Gasteiger partial charge is 0.494 e. The number of nitrogens with zero attached hydrogens (tertiary/aromatic N) is 1. The van der Waals surface area contributed by atoms with Crippen molar-refractivity contribution < 1.29 is 13.9 Å². The summed E-state index contributed by atoms with van der Waals surface area (Å²) in [5.74, 6) is 0.259. The van der Waals surface area contributed by atoms with Gasteiger partial charge in [0.25, 0.3) is 5.91 Å². The van der Waals surface area contributed by atoms with E-state index in [1.165, 1.54) is 4.90 Å². The van der Waals surface area contributed by atoms with Crippen LogP contribution in [0.2, 0.25) is 0 Å². The highest BCUT2D eigenvalue weighted by molar-refractivity contribution is 5.96. The summed E-state index contributed by atoms with van der Waals surface area (Å²) >= 11 is 0. The lowest BCUT2D eigenvalue weighted by Crippen LogP contribution is -2.27. The third-order valence-electron chi connectivity index (χ3n) is 2.66. The lowest BCUT2D eigenvalue weighted by molar-refractivity contribution is 0.0823. The maximum atomic E-state index is 11.8. The molecule has 1 amide bonds. The molecular weight excluding hydrogens is 246 g/mol. The van der Waals surface area contributed by atoms with Gasteiger partial charge in [0.1, 0.15) is 16.9 Å². The van der Waals surface area contributed by atoms with Gasteiger partial charge in [0.05, 0.1) is 6.61 Å². The standard InChI is InChI=1S/C14H15NO4/c1-4-18-10-6-5-9-7-11(13(16)15(2)3)14(17)19-12(9)8-10/h5-8H,4H2,1-3H3. The van der Waals surface area contributed by atoms with Crippen molar-refractivity contribution in [1.82, 2.24) is 4.90 Å². The van der Waals surface area contributed by atoms with Crippen molar-refractivity contribution in [1.29, 1.82) is 0 Å². The molecule has 1 aromatic carbocycles. The molecule has 19 heavy (non-hydrogen) atoms. The normalized spacial score (nSPS) is 10.5. The Balaban J connectivity index is 2.55. The molecule has 5 heteroatoms. The van der Waals surface area contributed by atoms with Crippen molar-refractivity contribution in [3.8, 4) is 5.75 Å². The van der Waals surface area contributed by atoms with Crippen LogP contribution in [0.25, 0.3) is 11.0 Å². The molecule has 0 N–H and O–H groups in total. The number of fused-ring (bicyclic) bond motifs is 1. The highest BCUT2D eigenvalue weighted by Gasteiger charge is 2.15. The average molecular weight is 261 g/mol. The third kappa shape index (κ3) is 2.59. The fourth-order valence-corrected chi connectivity index (χ4v) is 1.74. The number of rotatable bonds is 3. The molecule has 1 aromatic heterocycles. The molecule has 0 saturated carbocycles. The van der Waals surface area contributed by atoms with Gasteiger partial charge in [-0.1, -0.05) is 0 Å². The molecule has 0 spiro atoms. The summed E-state index contributed by atoms with van der Waals surface area (Å²) in [6, 6.07) is 6.72. The molecule has 0 saturated heterocycles. The first-order valence-electron chi connectivity index (χ1n) is 5.95. The Hall–Kier alpha value is -2.30. The van der Waals surface area contributed by atoms with Crippen molar-refractivity contribution >= 4 is 16.9 Å². The summed E-state index contributed by atoms with van der Waals surface area (Å²) in [4.78, 5) is 25.0. The van der Waals surface area contributed by atoms with Crippen LogP contribution < -0.4 is 10.4 Å². The van der Waals surface area contributed by atoms with Crippen LogP contribution in [0, 0.1) is 0 Å². The fourth-order valence-electron chi connectivity index (χ4n) is 1.74. The minimum atomic E-state index is -0.639. The Bertz CT molecular complexity index is 673. The zero-order valence-electron chi connectivity index (χ0n) is 11.1. The Morgan fingerprint density at radius 1 is 1.32 bits per heavy atom. The lowest BCUT2D eigenvalue weighted by atomic mass is 10.1. The van der Waals surface area contributed by atoms with Crippen LogP contribution in [-0.2, 0) is 0 Å². The molecule has 0 aliphatic rings. The van der Waals surface area contributed by atoms with Crippen LogP contribution in [0.4, 0.5) is 0 Å². The zero-order valence-corrected chi connectivity index (χ0v) is 11.1. The van der Waals surface area contributed by atoms with Crippen molar-refractivity contribution in [3.63, 3.8) is 0 Å². The summed E-state index contributed by atoms with van der Waals surface area (Å²) in [5, 5.41) is 0.688. The summed E-state index contributed by atoms with van der Waals surface area (Å²) in [7, 11) is 3.17. The zero-order chi connectivity index (χ0) is 14.0. The third-order valence-corrected chi connectivity index (χ3v) is 2.66. The van der Waals surface area contributed by atoms with Crippen LogP contribution in [0.1, 0.15) is 17.3 Å². The van der Waals surface area contributed by atoms with E-state index in [2.05, 4.69) is 0 Å². The molecule has 0 atom stereocenters. The van der Waals surface area contributed by atoms with Gasteiger partial charge in [0, 0.05) is 25.5 Å². The van der Waals surface area contributed by atoms with E-state index in [0.29, 0.717) is 23.3 Å². The highest BCUT2D eigenvalue weighted by atomic mass is 16.5. The van der Waals surface area contributed by atoms with Crippen LogP contribution >= 0.6 is 0 Å². The first kappa shape index (κ1) is 13.1.